The minimum Gasteiger partial charge on any atom is -0.507 e. The molecule has 1 rings (SSSR count). The highest BCUT2D eigenvalue weighted by Gasteiger charge is 2.31. The number of aromatic carboxylic acids is 1. The van der Waals surface area contributed by atoms with Crippen LogP contribution in [0.3, 0.4) is 0 Å². The van der Waals surface area contributed by atoms with Gasteiger partial charge < -0.3 is 10.2 Å². The van der Waals surface area contributed by atoms with Crippen LogP contribution in [0.15, 0.2) is 6.07 Å². The summed E-state index contributed by atoms with van der Waals surface area (Å²) in [6.07, 6.45) is 21.9. The molecule has 0 aliphatic rings. The van der Waals surface area contributed by atoms with Crippen molar-refractivity contribution >= 4 is 5.97 Å². The number of hydrogen-bond donors (Lipinski definition) is 2. The van der Waals surface area contributed by atoms with Gasteiger partial charge in [-0.25, -0.2) is 4.79 Å². The summed E-state index contributed by atoms with van der Waals surface area (Å²) in [5, 5.41) is 21.2. The van der Waals surface area contributed by atoms with Gasteiger partial charge in [0.25, 0.3) is 0 Å². The Hall–Kier alpha value is -1.51. The highest BCUT2D eigenvalue weighted by Crippen LogP contribution is 2.43. The van der Waals surface area contributed by atoms with Gasteiger partial charge in [-0.2, -0.15) is 0 Å². The Morgan fingerprint density at radius 1 is 0.667 bits per heavy atom. The number of aromatic hydroxyl groups is 1. The Morgan fingerprint density at radius 2 is 1.06 bits per heavy atom. The molecular formula is C33H58O3. The maximum absolute atomic E-state index is 12.2. The molecule has 2 N–H and O–H groups in total. The number of unbranched alkanes of at least 4 members (excludes halogenated alkanes) is 15. The molecular weight excluding hydrogens is 444 g/mol. The van der Waals surface area contributed by atoms with Crippen molar-refractivity contribution in [3.05, 3.63) is 28.3 Å². The van der Waals surface area contributed by atoms with E-state index in [9.17, 15) is 15.0 Å². The first kappa shape index (κ1) is 32.5. The first-order valence-electron chi connectivity index (χ1n) is 15.0. The Bertz CT molecular complexity index is 765. The van der Waals surface area contributed by atoms with Crippen LogP contribution in [-0.2, 0) is 17.3 Å². The monoisotopic (exact) mass is 502 g/mol. The maximum Gasteiger partial charge on any atom is 0.335 e. The van der Waals surface area contributed by atoms with E-state index >= 15 is 0 Å². The maximum atomic E-state index is 12.2. The summed E-state index contributed by atoms with van der Waals surface area (Å²) in [6, 6.07) is 1.72. The van der Waals surface area contributed by atoms with E-state index in [0.717, 1.165) is 29.5 Å². The summed E-state index contributed by atoms with van der Waals surface area (Å²) in [5.74, 6) is -0.607. The standard InChI is InChI=1S/C33H58O3/c1-8-9-10-11-12-13-14-15-16-17-18-19-20-21-22-23-24-26-27(31(35)36)25-28(32(2,3)4)30(34)29(26)33(5,6)7/h25,34H,8-24H2,1-7H3,(H,35,36). The van der Waals surface area contributed by atoms with Crippen molar-refractivity contribution in [3.63, 3.8) is 0 Å². The van der Waals surface area contributed by atoms with Gasteiger partial charge in [-0.05, 0) is 35.3 Å². The molecule has 0 amide bonds. The Kier molecular flexibility index (Phi) is 14.8. The summed E-state index contributed by atoms with van der Waals surface area (Å²) in [4.78, 5) is 12.2. The van der Waals surface area contributed by atoms with Gasteiger partial charge in [-0.3, -0.25) is 0 Å². The van der Waals surface area contributed by atoms with Crippen molar-refractivity contribution in [3.8, 4) is 5.75 Å². The molecule has 0 aromatic heterocycles. The van der Waals surface area contributed by atoms with Crippen LogP contribution >= 0.6 is 0 Å². The predicted molar refractivity (Wildman–Crippen MR) is 156 cm³/mol. The van der Waals surface area contributed by atoms with Crippen molar-refractivity contribution in [1.82, 2.24) is 0 Å². The van der Waals surface area contributed by atoms with Gasteiger partial charge in [0, 0.05) is 11.1 Å². The van der Waals surface area contributed by atoms with Crippen LogP contribution in [0.25, 0.3) is 0 Å². The average molecular weight is 503 g/mol. The fraction of sp³-hybridized carbons (Fsp3) is 0.788. The van der Waals surface area contributed by atoms with Gasteiger partial charge in [0.2, 0.25) is 0 Å². The van der Waals surface area contributed by atoms with Crippen molar-refractivity contribution < 1.29 is 15.0 Å². The Labute approximate surface area is 223 Å². The summed E-state index contributed by atoms with van der Waals surface area (Å²) in [5.41, 5.74) is 2.09. The fourth-order valence-corrected chi connectivity index (χ4v) is 5.39. The van der Waals surface area contributed by atoms with Gasteiger partial charge in [-0.15, -0.1) is 0 Å². The Morgan fingerprint density at radius 3 is 1.39 bits per heavy atom. The number of carboxylic acids is 1. The molecule has 0 saturated carbocycles. The van der Waals surface area contributed by atoms with E-state index in [-0.39, 0.29) is 16.6 Å². The van der Waals surface area contributed by atoms with Crippen LogP contribution in [-0.4, -0.2) is 16.2 Å². The van der Waals surface area contributed by atoms with E-state index in [0.29, 0.717) is 12.0 Å². The summed E-state index contributed by atoms with van der Waals surface area (Å²) in [7, 11) is 0. The van der Waals surface area contributed by atoms with Crippen LogP contribution < -0.4 is 0 Å². The molecule has 1 aromatic rings. The first-order valence-corrected chi connectivity index (χ1v) is 15.0. The largest absolute Gasteiger partial charge is 0.507 e. The molecule has 0 heterocycles. The number of phenolic OH excluding ortho intramolecular Hbond substituents is 1. The molecule has 0 saturated heterocycles. The molecule has 0 aliphatic carbocycles. The third-order valence-electron chi connectivity index (χ3n) is 7.48. The van der Waals surface area contributed by atoms with Crippen molar-refractivity contribution in [2.75, 3.05) is 0 Å². The molecule has 0 bridgehead atoms. The number of phenols is 1. The minimum atomic E-state index is -0.891. The second kappa shape index (κ2) is 16.4. The number of carboxylic acid groups (broad SMARTS) is 1. The first-order chi connectivity index (χ1) is 16.9. The van der Waals surface area contributed by atoms with Gasteiger partial charge in [0.15, 0.2) is 0 Å². The van der Waals surface area contributed by atoms with Crippen molar-refractivity contribution in [1.29, 1.82) is 0 Å². The average Bonchev–Trinajstić information content (AvgIpc) is 2.76. The molecule has 0 fully saturated rings. The van der Waals surface area contributed by atoms with E-state index in [1.54, 1.807) is 6.07 Å². The van der Waals surface area contributed by atoms with E-state index in [4.69, 9.17) is 0 Å². The summed E-state index contributed by atoms with van der Waals surface area (Å²) >= 11 is 0. The number of benzene rings is 1. The lowest BCUT2D eigenvalue weighted by atomic mass is 9.74. The lowest BCUT2D eigenvalue weighted by Gasteiger charge is -2.30. The molecule has 208 valence electrons. The fourth-order valence-electron chi connectivity index (χ4n) is 5.39. The zero-order chi connectivity index (χ0) is 27.2. The Balaban J connectivity index is 2.44. The van der Waals surface area contributed by atoms with E-state index in [1.807, 2.05) is 20.8 Å². The van der Waals surface area contributed by atoms with Crippen molar-refractivity contribution in [2.45, 2.75) is 168 Å². The topological polar surface area (TPSA) is 57.5 Å². The van der Waals surface area contributed by atoms with E-state index in [1.165, 1.54) is 89.9 Å². The SMILES string of the molecule is CCCCCCCCCCCCCCCCCCc1c(C(=O)O)cc(C(C)(C)C)c(O)c1C(C)(C)C. The van der Waals surface area contributed by atoms with E-state index < -0.39 is 5.97 Å². The lowest BCUT2D eigenvalue weighted by molar-refractivity contribution is 0.0695. The second-order valence-corrected chi connectivity index (χ2v) is 13.0. The van der Waals surface area contributed by atoms with Gasteiger partial charge >= 0.3 is 5.97 Å². The lowest BCUT2D eigenvalue weighted by Crippen LogP contribution is -2.22. The van der Waals surface area contributed by atoms with Crippen LogP contribution in [0, 0.1) is 0 Å². The minimum absolute atomic E-state index is 0.284. The smallest absolute Gasteiger partial charge is 0.335 e. The van der Waals surface area contributed by atoms with Gasteiger partial charge in [-0.1, -0.05) is 145 Å². The van der Waals surface area contributed by atoms with Gasteiger partial charge in [0.1, 0.15) is 5.75 Å². The molecule has 1 aromatic carbocycles. The van der Waals surface area contributed by atoms with Crippen LogP contribution in [0.2, 0.25) is 0 Å². The van der Waals surface area contributed by atoms with E-state index in [2.05, 4.69) is 27.7 Å². The zero-order valence-electron chi connectivity index (χ0n) is 24.9. The molecule has 0 radical (unpaired) electrons. The highest BCUT2D eigenvalue weighted by molar-refractivity contribution is 5.91. The molecule has 3 heteroatoms. The molecule has 0 aliphatic heterocycles. The zero-order valence-corrected chi connectivity index (χ0v) is 24.9. The predicted octanol–water partition coefficient (Wildman–Crippen LogP) is 10.5. The summed E-state index contributed by atoms with van der Waals surface area (Å²) < 4.78 is 0. The number of rotatable bonds is 18. The van der Waals surface area contributed by atoms with Gasteiger partial charge in [0.05, 0.1) is 5.56 Å². The number of hydrogen-bond acceptors (Lipinski definition) is 2. The van der Waals surface area contributed by atoms with Crippen LogP contribution in [0.1, 0.15) is 178 Å². The van der Waals surface area contributed by atoms with Crippen LogP contribution in [0.5, 0.6) is 5.75 Å². The summed E-state index contributed by atoms with van der Waals surface area (Å²) in [6.45, 7) is 14.5. The van der Waals surface area contributed by atoms with Crippen LogP contribution in [0.4, 0.5) is 0 Å². The number of carbonyl (C=O) groups is 1. The highest BCUT2D eigenvalue weighted by atomic mass is 16.4. The molecule has 0 unspecified atom stereocenters. The molecule has 3 nitrogen and oxygen atoms in total. The normalized spacial score (nSPS) is 12.3. The quantitative estimate of drug-likeness (QED) is 0.196. The second-order valence-electron chi connectivity index (χ2n) is 13.0. The third-order valence-corrected chi connectivity index (χ3v) is 7.48. The molecule has 36 heavy (non-hydrogen) atoms. The third kappa shape index (κ3) is 11.7. The molecule has 0 atom stereocenters. The molecule has 0 spiro atoms. The van der Waals surface area contributed by atoms with Crippen molar-refractivity contribution in [2.24, 2.45) is 0 Å².